The number of anilines is 1. The van der Waals surface area contributed by atoms with E-state index in [-0.39, 0.29) is 17.3 Å². The smallest absolute Gasteiger partial charge is 0.264 e. The lowest BCUT2D eigenvalue weighted by atomic mass is 10.1. The van der Waals surface area contributed by atoms with Crippen molar-refractivity contribution in [3.8, 4) is 5.75 Å². The van der Waals surface area contributed by atoms with Gasteiger partial charge in [0, 0.05) is 16.6 Å². The van der Waals surface area contributed by atoms with E-state index in [9.17, 15) is 18.0 Å². The summed E-state index contributed by atoms with van der Waals surface area (Å²) >= 11 is 6.78. The van der Waals surface area contributed by atoms with Crippen LogP contribution in [0.5, 0.6) is 5.75 Å². The van der Waals surface area contributed by atoms with E-state index in [0.29, 0.717) is 15.9 Å². The molecule has 11 heteroatoms. The first-order valence-electron chi connectivity index (χ1n) is 12.9. The molecule has 1 N–H and O–H groups in total. The molecule has 0 spiro atoms. The molecular weight excluding hydrogens is 674 g/mol. The summed E-state index contributed by atoms with van der Waals surface area (Å²) in [5.74, 6) is -0.394. The molecule has 41 heavy (non-hydrogen) atoms. The van der Waals surface area contributed by atoms with Crippen molar-refractivity contribution in [3.63, 3.8) is 0 Å². The normalized spacial score (nSPS) is 12.4. The standard InChI is InChI=1S/C30H35Br2N3O5S/c1-20-7-13-24(14-8-20)35(41(38,39)25-15-16-27(40-6)26(32)17-25)19-28(36)34(18-22-9-11-23(31)12-10-22)21(2)29(37)33-30(3,4)5/h7-17,21H,18-19H2,1-6H3,(H,33,37)/t21-/m0/s1. The molecule has 0 heterocycles. The van der Waals surface area contributed by atoms with E-state index < -0.39 is 34.1 Å². The predicted octanol–water partition coefficient (Wildman–Crippen LogP) is 6.06. The molecule has 0 aliphatic rings. The fourth-order valence-electron chi connectivity index (χ4n) is 4.02. The van der Waals surface area contributed by atoms with Crippen LogP contribution >= 0.6 is 31.9 Å². The minimum absolute atomic E-state index is 0.0171. The van der Waals surface area contributed by atoms with Crippen molar-refractivity contribution in [2.24, 2.45) is 0 Å². The van der Waals surface area contributed by atoms with Crippen LogP contribution in [0.25, 0.3) is 0 Å². The number of hydrogen-bond acceptors (Lipinski definition) is 5. The Labute approximate surface area is 259 Å². The van der Waals surface area contributed by atoms with Crippen LogP contribution in [-0.4, -0.2) is 50.4 Å². The maximum absolute atomic E-state index is 14.0. The fraction of sp³-hybridized carbons (Fsp3) is 0.333. The van der Waals surface area contributed by atoms with Gasteiger partial charge < -0.3 is 15.0 Å². The van der Waals surface area contributed by atoms with E-state index in [1.54, 1.807) is 37.3 Å². The number of carbonyl (C=O) groups excluding carboxylic acids is 2. The first kappa shape index (κ1) is 32.6. The highest BCUT2D eigenvalue weighted by Crippen LogP contribution is 2.31. The van der Waals surface area contributed by atoms with Crippen molar-refractivity contribution in [2.45, 2.75) is 57.6 Å². The Bertz CT molecular complexity index is 1490. The maximum atomic E-state index is 14.0. The van der Waals surface area contributed by atoms with Crippen LogP contribution in [0.2, 0.25) is 0 Å². The van der Waals surface area contributed by atoms with E-state index in [2.05, 4.69) is 37.2 Å². The quantitative estimate of drug-likeness (QED) is 0.277. The van der Waals surface area contributed by atoms with Crippen LogP contribution in [0.1, 0.15) is 38.8 Å². The molecule has 8 nitrogen and oxygen atoms in total. The fourth-order valence-corrected chi connectivity index (χ4v) is 6.42. The highest BCUT2D eigenvalue weighted by Gasteiger charge is 2.33. The lowest BCUT2D eigenvalue weighted by Crippen LogP contribution is -2.54. The topological polar surface area (TPSA) is 96.0 Å². The number of ether oxygens (including phenoxy) is 1. The van der Waals surface area contributed by atoms with Crippen LogP contribution in [0, 0.1) is 6.92 Å². The number of carbonyl (C=O) groups is 2. The molecule has 1 atom stereocenters. The molecule has 0 saturated carbocycles. The van der Waals surface area contributed by atoms with E-state index in [0.717, 1.165) is 19.9 Å². The summed E-state index contributed by atoms with van der Waals surface area (Å²) in [4.78, 5) is 28.6. The summed E-state index contributed by atoms with van der Waals surface area (Å²) < 4.78 is 35.7. The van der Waals surface area contributed by atoms with Crippen LogP contribution in [0.3, 0.4) is 0 Å². The molecule has 2 amide bonds. The third-order valence-electron chi connectivity index (χ3n) is 6.24. The van der Waals surface area contributed by atoms with Gasteiger partial charge in [-0.2, -0.15) is 0 Å². The van der Waals surface area contributed by atoms with E-state index >= 15 is 0 Å². The average molecular weight is 710 g/mol. The number of sulfonamides is 1. The van der Waals surface area contributed by atoms with E-state index in [4.69, 9.17) is 4.74 Å². The molecule has 0 bridgehead atoms. The Morgan fingerprint density at radius 3 is 2.12 bits per heavy atom. The molecule has 3 aromatic rings. The molecule has 0 saturated heterocycles. The Kier molecular flexibility index (Phi) is 10.7. The summed E-state index contributed by atoms with van der Waals surface area (Å²) in [6, 6.07) is 17.8. The number of methoxy groups -OCH3 is 1. The lowest BCUT2D eigenvalue weighted by molar-refractivity contribution is -0.140. The molecule has 0 aliphatic carbocycles. The molecular formula is C30H35Br2N3O5S. The Hall–Kier alpha value is -2.89. The zero-order valence-electron chi connectivity index (χ0n) is 23.9. The average Bonchev–Trinajstić information content (AvgIpc) is 2.90. The molecule has 3 aromatic carbocycles. The monoisotopic (exact) mass is 707 g/mol. The Morgan fingerprint density at radius 2 is 1.59 bits per heavy atom. The van der Waals surface area contributed by atoms with E-state index in [1.807, 2.05) is 52.0 Å². The van der Waals surface area contributed by atoms with Crippen molar-refractivity contribution in [3.05, 3.63) is 86.8 Å². The molecule has 220 valence electrons. The number of aryl methyl sites for hydroxylation is 1. The van der Waals surface area contributed by atoms with Crippen molar-refractivity contribution in [1.82, 2.24) is 10.2 Å². The first-order chi connectivity index (χ1) is 19.1. The highest BCUT2D eigenvalue weighted by molar-refractivity contribution is 9.10. The van der Waals surface area contributed by atoms with Gasteiger partial charge in [-0.3, -0.25) is 13.9 Å². The van der Waals surface area contributed by atoms with Gasteiger partial charge in [-0.1, -0.05) is 45.8 Å². The van der Waals surface area contributed by atoms with Gasteiger partial charge in [0.2, 0.25) is 11.8 Å². The summed E-state index contributed by atoms with van der Waals surface area (Å²) in [6.45, 7) is 8.71. The van der Waals surface area contributed by atoms with Crippen molar-refractivity contribution >= 4 is 59.4 Å². The summed E-state index contributed by atoms with van der Waals surface area (Å²) in [6.07, 6.45) is 0. The molecule has 0 aliphatic heterocycles. The molecule has 0 radical (unpaired) electrons. The number of nitrogens with zero attached hydrogens (tertiary/aromatic N) is 2. The zero-order valence-corrected chi connectivity index (χ0v) is 27.9. The SMILES string of the molecule is COc1ccc(S(=O)(=O)N(CC(=O)N(Cc2ccc(Br)cc2)[C@@H](C)C(=O)NC(C)(C)C)c2ccc(C)cc2)cc1Br. The maximum Gasteiger partial charge on any atom is 0.264 e. The second kappa shape index (κ2) is 13.4. The van der Waals surface area contributed by atoms with Crippen LogP contribution in [0.15, 0.2) is 80.6 Å². The largest absolute Gasteiger partial charge is 0.496 e. The van der Waals surface area contributed by atoms with Crippen LogP contribution in [-0.2, 0) is 26.2 Å². The number of nitrogens with one attached hydrogen (secondary N) is 1. The Morgan fingerprint density at radius 1 is 0.976 bits per heavy atom. The highest BCUT2D eigenvalue weighted by atomic mass is 79.9. The summed E-state index contributed by atoms with van der Waals surface area (Å²) in [5, 5.41) is 2.92. The van der Waals surface area contributed by atoms with Crippen molar-refractivity contribution in [2.75, 3.05) is 18.0 Å². The first-order valence-corrected chi connectivity index (χ1v) is 15.9. The number of halogens is 2. The number of hydrogen-bond donors (Lipinski definition) is 1. The van der Waals surface area contributed by atoms with Crippen LogP contribution < -0.4 is 14.4 Å². The van der Waals surface area contributed by atoms with Gasteiger partial charge in [0.05, 0.1) is 22.2 Å². The van der Waals surface area contributed by atoms with Gasteiger partial charge in [-0.25, -0.2) is 8.42 Å². The molecule has 0 unspecified atom stereocenters. The minimum atomic E-state index is -4.20. The lowest BCUT2D eigenvalue weighted by Gasteiger charge is -2.33. The van der Waals surface area contributed by atoms with Gasteiger partial charge in [0.15, 0.2) is 0 Å². The number of amides is 2. The van der Waals surface area contributed by atoms with E-state index in [1.165, 1.54) is 24.1 Å². The zero-order chi connectivity index (χ0) is 30.5. The predicted molar refractivity (Wildman–Crippen MR) is 168 cm³/mol. The Balaban J connectivity index is 2.05. The third kappa shape index (κ3) is 8.56. The van der Waals surface area contributed by atoms with Crippen molar-refractivity contribution in [1.29, 1.82) is 0 Å². The number of benzene rings is 3. The van der Waals surface area contributed by atoms with Crippen molar-refractivity contribution < 1.29 is 22.7 Å². The minimum Gasteiger partial charge on any atom is -0.496 e. The third-order valence-corrected chi connectivity index (χ3v) is 9.16. The summed E-state index contributed by atoms with van der Waals surface area (Å²) in [7, 11) is -2.71. The summed E-state index contributed by atoms with van der Waals surface area (Å²) in [5.41, 5.74) is 1.54. The van der Waals surface area contributed by atoms with Gasteiger partial charge >= 0.3 is 0 Å². The van der Waals surface area contributed by atoms with Gasteiger partial charge in [0.1, 0.15) is 18.3 Å². The van der Waals surface area contributed by atoms with Crippen LogP contribution in [0.4, 0.5) is 5.69 Å². The molecule has 0 fully saturated rings. The van der Waals surface area contributed by atoms with Gasteiger partial charge in [0.25, 0.3) is 10.0 Å². The molecule has 0 aromatic heterocycles. The number of rotatable bonds is 10. The molecule has 3 rings (SSSR count). The second-order valence-electron chi connectivity index (χ2n) is 10.7. The second-order valence-corrected chi connectivity index (χ2v) is 14.3. The van der Waals surface area contributed by atoms with Gasteiger partial charge in [-0.15, -0.1) is 0 Å². The van der Waals surface area contributed by atoms with Gasteiger partial charge in [-0.05, 0) is 98.6 Å².